The van der Waals surface area contributed by atoms with Crippen LogP contribution in [-0.2, 0) is 9.47 Å². The van der Waals surface area contributed by atoms with Crippen molar-refractivity contribution in [3.63, 3.8) is 0 Å². The zero-order valence-corrected chi connectivity index (χ0v) is 14.3. The largest absolute Gasteiger partial charge is 0.465 e. The summed E-state index contributed by atoms with van der Waals surface area (Å²) in [5.41, 5.74) is 2.94. The summed E-state index contributed by atoms with van der Waals surface area (Å²) < 4.78 is 12.2. The Kier molecular flexibility index (Phi) is 4.01. The van der Waals surface area contributed by atoms with Crippen molar-refractivity contribution in [3.8, 4) is 0 Å². The summed E-state index contributed by atoms with van der Waals surface area (Å²) >= 11 is 0. The van der Waals surface area contributed by atoms with Gasteiger partial charge in [0.15, 0.2) is 0 Å². The SMILES string of the molecule is COC(=O)c1ccc2c(c1)nc(NC1CCOCC1)n1cc(C)nc21. The van der Waals surface area contributed by atoms with Gasteiger partial charge < -0.3 is 14.8 Å². The van der Waals surface area contributed by atoms with Gasteiger partial charge >= 0.3 is 5.97 Å². The number of ether oxygens (including phenoxy) is 2. The molecular weight excluding hydrogens is 320 g/mol. The van der Waals surface area contributed by atoms with Crippen molar-refractivity contribution in [1.82, 2.24) is 14.4 Å². The smallest absolute Gasteiger partial charge is 0.337 e. The molecule has 1 fully saturated rings. The summed E-state index contributed by atoms with van der Waals surface area (Å²) in [4.78, 5) is 21.2. The van der Waals surface area contributed by atoms with Crippen LogP contribution in [0.3, 0.4) is 0 Å². The average molecular weight is 340 g/mol. The van der Waals surface area contributed by atoms with Crippen LogP contribution < -0.4 is 5.32 Å². The minimum Gasteiger partial charge on any atom is -0.465 e. The van der Waals surface area contributed by atoms with Crippen molar-refractivity contribution in [3.05, 3.63) is 35.7 Å². The fourth-order valence-corrected chi connectivity index (χ4v) is 3.20. The van der Waals surface area contributed by atoms with Gasteiger partial charge in [-0.15, -0.1) is 0 Å². The molecule has 1 N–H and O–H groups in total. The van der Waals surface area contributed by atoms with Crippen molar-refractivity contribution < 1.29 is 14.3 Å². The number of fused-ring (bicyclic) bond motifs is 3. The molecule has 0 bridgehead atoms. The summed E-state index contributed by atoms with van der Waals surface area (Å²) in [7, 11) is 1.37. The first-order chi connectivity index (χ1) is 12.2. The number of methoxy groups -OCH3 is 1. The first-order valence-corrected chi connectivity index (χ1v) is 8.38. The lowest BCUT2D eigenvalue weighted by molar-refractivity contribution is 0.0601. The minimum atomic E-state index is -0.373. The molecule has 1 saturated heterocycles. The first-order valence-electron chi connectivity index (χ1n) is 8.38. The molecule has 7 heteroatoms. The number of rotatable bonds is 3. The highest BCUT2D eigenvalue weighted by atomic mass is 16.5. The van der Waals surface area contributed by atoms with Crippen LogP contribution >= 0.6 is 0 Å². The van der Waals surface area contributed by atoms with Gasteiger partial charge in [0.05, 0.1) is 23.9 Å². The summed E-state index contributed by atoms with van der Waals surface area (Å²) in [5, 5.41) is 4.41. The topological polar surface area (TPSA) is 77.8 Å². The number of nitrogens with one attached hydrogen (secondary N) is 1. The van der Waals surface area contributed by atoms with Gasteiger partial charge in [0.2, 0.25) is 5.95 Å². The van der Waals surface area contributed by atoms with Gasteiger partial charge in [0.25, 0.3) is 0 Å². The van der Waals surface area contributed by atoms with E-state index in [9.17, 15) is 4.79 Å². The van der Waals surface area contributed by atoms with Gasteiger partial charge in [0.1, 0.15) is 5.65 Å². The molecule has 130 valence electrons. The van der Waals surface area contributed by atoms with Gasteiger partial charge in [-0.05, 0) is 38.0 Å². The highest BCUT2D eigenvalue weighted by molar-refractivity contribution is 5.98. The standard InChI is InChI=1S/C18H20N4O3/c1-11-10-22-16(19-11)14-4-3-12(17(23)24-2)9-15(14)21-18(22)20-13-5-7-25-8-6-13/h3-4,9-10,13H,5-8H2,1-2H3,(H,20,21). The average Bonchev–Trinajstić information content (AvgIpc) is 3.03. The number of aromatic nitrogens is 3. The molecule has 2 aromatic heterocycles. The number of nitrogens with zero attached hydrogens (tertiary/aromatic N) is 3. The third kappa shape index (κ3) is 2.91. The van der Waals surface area contributed by atoms with E-state index in [1.165, 1.54) is 7.11 Å². The molecule has 3 aromatic rings. The predicted molar refractivity (Wildman–Crippen MR) is 94.0 cm³/mol. The van der Waals surface area contributed by atoms with E-state index in [1.807, 2.05) is 23.6 Å². The number of esters is 1. The lowest BCUT2D eigenvalue weighted by Gasteiger charge is -2.24. The molecule has 0 unspecified atom stereocenters. The second kappa shape index (κ2) is 6.33. The van der Waals surface area contributed by atoms with Gasteiger partial charge in [-0.25, -0.2) is 14.8 Å². The number of imidazole rings is 1. The van der Waals surface area contributed by atoms with Gasteiger partial charge in [-0.3, -0.25) is 4.40 Å². The van der Waals surface area contributed by atoms with Crippen molar-refractivity contribution in [2.24, 2.45) is 0 Å². The number of benzene rings is 1. The Morgan fingerprint density at radius 2 is 2.12 bits per heavy atom. The van der Waals surface area contributed by atoms with Crippen LogP contribution in [0.25, 0.3) is 16.6 Å². The number of hydrogen-bond acceptors (Lipinski definition) is 6. The summed E-state index contributed by atoms with van der Waals surface area (Å²) in [6.45, 7) is 3.47. The molecule has 0 radical (unpaired) electrons. The van der Waals surface area contributed by atoms with Crippen LogP contribution in [0.15, 0.2) is 24.4 Å². The van der Waals surface area contributed by atoms with Crippen LogP contribution in [0.4, 0.5) is 5.95 Å². The fourth-order valence-electron chi connectivity index (χ4n) is 3.20. The Hall–Kier alpha value is -2.67. The molecule has 3 heterocycles. The summed E-state index contributed by atoms with van der Waals surface area (Å²) in [6, 6.07) is 5.67. The van der Waals surface area contributed by atoms with Gasteiger partial charge in [-0.1, -0.05) is 0 Å². The maximum absolute atomic E-state index is 11.8. The second-order valence-electron chi connectivity index (χ2n) is 6.27. The maximum atomic E-state index is 11.8. The highest BCUT2D eigenvalue weighted by Crippen LogP contribution is 2.24. The molecule has 0 atom stereocenters. The molecule has 1 aliphatic rings. The minimum absolute atomic E-state index is 0.313. The molecule has 25 heavy (non-hydrogen) atoms. The molecule has 1 aromatic carbocycles. The van der Waals surface area contributed by atoms with E-state index < -0.39 is 0 Å². The molecule has 0 saturated carbocycles. The number of carbonyl (C=O) groups excluding carboxylic acids is 1. The molecule has 0 aliphatic carbocycles. The zero-order valence-electron chi connectivity index (χ0n) is 14.3. The molecule has 1 aliphatic heterocycles. The van der Waals surface area contributed by atoms with Crippen LogP contribution in [0.1, 0.15) is 28.9 Å². The van der Waals surface area contributed by atoms with Crippen molar-refractivity contribution in [2.45, 2.75) is 25.8 Å². The fraction of sp³-hybridized carbons (Fsp3) is 0.389. The van der Waals surface area contributed by atoms with Crippen molar-refractivity contribution >= 4 is 28.5 Å². The highest BCUT2D eigenvalue weighted by Gasteiger charge is 2.18. The summed E-state index contributed by atoms with van der Waals surface area (Å²) in [6.07, 6.45) is 3.85. The quantitative estimate of drug-likeness (QED) is 0.739. The molecule has 4 rings (SSSR count). The van der Waals surface area contributed by atoms with Gasteiger partial charge in [-0.2, -0.15) is 0 Å². The number of aryl methyl sites for hydroxylation is 1. The lowest BCUT2D eigenvalue weighted by Crippen LogP contribution is -2.29. The summed E-state index contributed by atoms with van der Waals surface area (Å²) in [5.74, 6) is 0.360. The Bertz CT molecular complexity index is 944. The first kappa shape index (κ1) is 15.8. The third-order valence-electron chi connectivity index (χ3n) is 4.50. The lowest BCUT2D eigenvalue weighted by atomic mass is 10.1. The van der Waals surface area contributed by atoms with Crippen LogP contribution in [0, 0.1) is 6.92 Å². The van der Waals surface area contributed by atoms with Crippen LogP contribution in [0.2, 0.25) is 0 Å². The normalized spacial score (nSPS) is 15.6. The van der Waals surface area contributed by atoms with E-state index in [0.717, 1.165) is 54.2 Å². The van der Waals surface area contributed by atoms with Crippen molar-refractivity contribution in [1.29, 1.82) is 0 Å². The van der Waals surface area contributed by atoms with E-state index in [4.69, 9.17) is 14.5 Å². The second-order valence-corrected chi connectivity index (χ2v) is 6.27. The van der Waals surface area contributed by atoms with Crippen LogP contribution in [-0.4, -0.2) is 46.7 Å². The Balaban J connectivity index is 1.85. The predicted octanol–water partition coefficient (Wildman–Crippen LogP) is 2.57. The van der Waals surface area contributed by atoms with Crippen LogP contribution in [0.5, 0.6) is 0 Å². The monoisotopic (exact) mass is 340 g/mol. The van der Waals surface area contributed by atoms with E-state index in [0.29, 0.717) is 11.6 Å². The van der Waals surface area contributed by atoms with E-state index in [-0.39, 0.29) is 5.97 Å². The molecular formula is C18H20N4O3. The Labute approximate surface area is 145 Å². The number of anilines is 1. The third-order valence-corrected chi connectivity index (χ3v) is 4.50. The van der Waals surface area contributed by atoms with Gasteiger partial charge in [0, 0.05) is 30.8 Å². The maximum Gasteiger partial charge on any atom is 0.337 e. The number of hydrogen-bond donors (Lipinski definition) is 1. The zero-order chi connectivity index (χ0) is 17.4. The van der Waals surface area contributed by atoms with E-state index in [2.05, 4.69) is 10.3 Å². The molecule has 0 amide bonds. The molecule has 0 spiro atoms. The Morgan fingerprint density at radius 3 is 2.88 bits per heavy atom. The van der Waals surface area contributed by atoms with E-state index in [1.54, 1.807) is 12.1 Å². The molecule has 7 nitrogen and oxygen atoms in total. The van der Waals surface area contributed by atoms with Crippen molar-refractivity contribution in [2.75, 3.05) is 25.6 Å². The van der Waals surface area contributed by atoms with E-state index >= 15 is 0 Å². The number of carbonyl (C=O) groups is 1. The Morgan fingerprint density at radius 1 is 1.32 bits per heavy atom.